The predicted octanol–water partition coefficient (Wildman–Crippen LogP) is 3.11. The van der Waals surface area contributed by atoms with Crippen LogP contribution in [0, 0.1) is 5.92 Å². The van der Waals surface area contributed by atoms with Gasteiger partial charge in [-0.3, -0.25) is 9.69 Å². The standard InChI is InChI=1S/C13H18BrNO/c1-10(2)13(16)9-15(3)8-11-6-4-5-7-12(11)14/h4-7,10H,8-9H2,1-3H3. The summed E-state index contributed by atoms with van der Waals surface area (Å²) < 4.78 is 1.10. The lowest BCUT2D eigenvalue weighted by Crippen LogP contribution is -2.28. The smallest absolute Gasteiger partial charge is 0.149 e. The molecular weight excluding hydrogens is 266 g/mol. The van der Waals surface area contributed by atoms with E-state index >= 15 is 0 Å². The SMILES string of the molecule is CC(C)C(=O)CN(C)Cc1ccccc1Br. The van der Waals surface area contributed by atoms with Crippen LogP contribution in [0.15, 0.2) is 28.7 Å². The Morgan fingerprint density at radius 3 is 2.56 bits per heavy atom. The maximum absolute atomic E-state index is 11.6. The van der Waals surface area contributed by atoms with Crippen molar-refractivity contribution in [1.82, 2.24) is 4.90 Å². The number of ketones is 1. The van der Waals surface area contributed by atoms with Crippen LogP contribution < -0.4 is 0 Å². The molecule has 0 N–H and O–H groups in total. The Morgan fingerprint density at radius 2 is 2.00 bits per heavy atom. The fourth-order valence-electron chi connectivity index (χ4n) is 1.42. The molecule has 1 aromatic rings. The van der Waals surface area contributed by atoms with E-state index in [1.165, 1.54) is 5.56 Å². The zero-order valence-electron chi connectivity index (χ0n) is 10.0. The Hall–Kier alpha value is -0.670. The van der Waals surface area contributed by atoms with E-state index in [4.69, 9.17) is 0 Å². The lowest BCUT2D eigenvalue weighted by Gasteiger charge is -2.17. The van der Waals surface area contributed by atoms with Crippen molar-refractivity contribution in [2.45, 2.75) is 20.4 Å². The molecule has 1 rings (SSSR count). The van der Waals surface area contributed by atoms with E-state index in [2.05, 4.69) is 22.0 Å². The van der Waals surface area contributed by atoms with Crippen LogP contribution in [-0.4, -0.2) is 24.3 Å². The van der Waals surface area contributed by atoms with E-state index in [-0.39, 0.29) is 11.7 Å². The highest BCUT2D eigenvalue weighted by molar-refractivity contribution is 9.10. The van der Waals surface area contributed by atoms with Gasteiger partial charge in [-0.25, -0.2) is 0 Å². The van der Waals surface area contributed by atoms with Gasteiger partial charge in [0.05, 0.1) is 6.54 Å². The van der Waals surface area contributed by atoms with E-state index in [0.717, 1.165) is 11.0 Å². The first kappa shape index (κ1) is 13.4. The molecule has 0 bridgehead atoms. The van der Waals surface area contributed by atoms with Crippen LogP contribution in [0.5, 0.6) is 0 Å². The molecule has 88 valence electrons. The maximum Gasteiger partial charge on any atom is 0.149 e. The summed E-state index contributed by atoms with van der Waals surface area (Å²) in [6.45, 7) is 5.18. The van der Waals surface area contributed by atoms with Gasteiger partial charge in [-0.05, 0) is 18.7 Å². The highest BCUT2D eigenvalue weighted by Crippen LogP contribution is 2.17. The lowest BCUT2D eigenvalue weighted by atomic mass is 10.1. The largest absolute Gasteiger partial charge is 0.298 e. The molecule has 0 unspecified atom stereocenters. The summed E-state index contributed by atoms with van der Waals surface area (Å²) in [4.78, 5) is 13.6. The quantitative estimate of drug-likeness (QED) is 0.828. The van der Waals surface area contributed by atoms with Crippen LogP contribution in [0.4, 0.5) is 0 Å². The third-order valence-electron chi connectivity index (χ3n) is 2.47. The summed E-state index contributed by atoms with van der Waals surface area (Å²) in [5, 5.41) is 0. The Labute approximate surface area is 106 Å². The Balaban J connectivity index is 2.55. The van der Waals surface area contributed by atoms with Crippen molar-refractivity contribution in [3.8, 4) is 0 Å². The third kappa shape index (κ3) is 4.06. The Bertz CT molecular complexity index is 363. The monoisotopic (exact) mass is 283 g/mol. The normalized spacial score (nSPS) is 11.1. The molecule has 2 nitrogen and oxygen atoms in total. The zero-order valence-corrected chi connectivity index (χ0v) is 11.6. The van der Waals surface area contributed by atoms with Crippen molar-refractivity contribution in [3.63, 3.8) is 0 Å². The summed E-state index contributed by atoms with van der Waals surface area (Å²) in [6, 6.07) is 8.10. The average molecular weight is 284 g/mol. The summed E-state index contributed by atoms with van der Waals surface area (Å²) in [7, 11) is 1.97. The molecule has 0 aliphatic carbocycles. The number of benzene rings is 1. The van der Waals surface area contributed by atoms with Gasteiger partial charge in [0, 0.05) is 16.9 Å². The molecule has 0 radical (unpaired) electrons. The Kier molecular flexibility index (Phi) is 5.16. The van der Waals surface area contributed by atoms with Crippen LogP contribution in [0.25, 0.3) is 0 Å². The number of carbonyl (C=O) groups excluding carboxylic acids is 1. The molecule has 0 atom stereocenters. The number of hydrogen-bond donors (Lipinski definition) is 0. The van der Waals surface area contributed by atoms with E-state index in [1.54, 1.807) is 0 Å². The highest BCUT2D eigenvalue weighted by atomic mass is 79.9. The minimum Gasteiger partial charge on any atom is -0.298 e. The van der Waals surface area contributed by atoms with Crippen LogP contribution in [-0.2, 0) is 11.3 Å². The van der Waals surface area contributed by atoms with Gasteiger partial charge in [-0.1, -0.05) is 48.0 Å². The number of nitrogens with zero attached hydrogens (tertiary/aromatic N) is 1. The number of carbonyl (C=O) groups is 1. The number of rotatable bonds is 5. The van der Waals surface area contributed by atoms with Gasteiger partial charge >= 0.3 is 0 Å². The number of halogens is 1. The number of Topliss-reactive ketones (excluding diaryl/α,β-unsaturated/α-hetero) is 1. The van der Waals surface area contributed by atoms with Crippen molar-refractivity contribution in [1.29, 1.82) is 0 Å². The van der Waals surface area contributed by atoms with E-state index in [1.807, 2.05) is 44.0 Å². The second-order valence-corrected chi connectivity index (χ2v) is 5.24. The average Bonchev–Trinajstić information content (AvgIpc) is 2.21. The summed E-state index contributed by atoms with van der Waals surface area (Å²) >= 11 is 3.51. The molecular formula is C13H18BrNO. The molecule has 0 amide bonds. The van der Waals surface area contributed by atoms with Crippen LogP contribution >= 0.6 is 15.9 Å². The highest BCUT2D eigenvalue weighted by Gasteiger charge is 2.11. The van der Waals surface area contributed by atoms with Crippen LogP contribution in [0.3, 0.4) is 0 Å². The van der Waals surface area contributed by atoms with Crippen molar-refractivity contribution in [2.24, 2.45) is 5.92 Å². The second-order valence-electron chi connectivity index (χ2n) is 4.38. The van der Waals surface area contributed by atoms with Crippen molar-refractivity contribution < 1.29 is 4.79 Å². The van der Waals surface area contributed by atoms with Crippen molar-refractivity contribution in [3.05, 3.63) is 34.3 Å². The first-order valence-corrected chi connectivity index (χ1v) is 6.24. The fraction of sp³-hybridized carbons (Fsp3) is 0.462. The molecule has 0 spiro atoms. The van der Waals surface area contributed by atoms with Gasteiger partial charge < -0.3 is 0 Å². The summed E-state index contributed by atoms with van der Waals surface area (Å²) in [5.74, 6) is 0.399. The van der Waals surface area contributed by atoms with Crippen molar-refractivity contribution >= 4 is 21.7 Å². The third-order valence-corrected chi connectivity index (χ3v) is 3.24. The van der Waals surface area contributed by atoms with Gasteiger partial charge in [-0.15, -0.1) is 0 Å². The summed E-state index contributed by atoms with van der Waals surface area (Å²) in [6.07, 6.45) is 0. The van der Waals surface area contributed by atoms with Gasteiger partial charge in [0.25, 0.3) is 0 Å². The van der Waals surface area contributed by atoms with E-state index in [0.29, 0.717) is 6.54 Å². The summed E-state index contributed by atoms with van der Waals surface area (Å²) in [5.41, 5.74) is 1.21. The number of hydrogen-bond acceptors (Lipinski definition) is 2. The first-order chi connectivity index (χ1) is 7.50. The van der Waals surface area contributed by atoms with Gasteiger partial charge in [0.2, 0.25) is 0 Å². The van der Waals surface area contributed by atoms with Gasteiger partial charge in [-0.2, -0.15) is 0 Å². The van der Waals surface area contributed by atoms with E-state index < -0.39 is 0 Å². The molecule has 16 heavy (non-hydrogen) atoms. The number of likely N-dealkylation sites (N-methyl/N-ethyl adjacent to an activating group) is 1. The predicted molar refractivity (Wildman–Crippen MR) is 70.3 cm³/mol. The minimum absolute atomic E-state index is 0.113. The molecule has 0 saturated carbocycles. The first-order valence-electron chi connectivity index (χ1n) is 5.45. The topological polar surface area (TPSA) is 20.3 Å². The lowest BCUT2D eigenvalue weighted by molar-refractivity contribution is -0.122. The van der Waals surface area contributed by atoms with Crippen molar-refractivity contribution in [2.75, 3.05) is 13.6 Å². The second kappa shape index (κ2) is 6.16. The molecule has 0 heterocycles. The maximum atomic E-state index is 11.6. The Morgan fingerprint density at radius 1 is 1.38 bits per heavy atom. The molecule has 0 saturated heterocycles. The molecule has 3 heteroatoms. The molecule has 0 aliphatic heterocycles. The van der Waals surface area contributed by atoms with Gasteiger partial charge in [0.15, 0.2) is 0 Å². The molecule has 0 aliphatic rings. The van der Waals surface area contributed by atoms with E-state index in [9.17, 15) is 4.79 Å². The zero-order chi connectivity index (χ0) is 12.1. The fourth-order valence-corrected chi connectivity index (χ4v) is 1.83. The van der Waals surface area contributed by atoms with Gasteiger partial charge in [0.1, 0.15) is 5.78 Å². The molecule has 1 aromatic carbocycles. The van der Waals surface area contributed by atoms with Crippen LogP contribution in [0.1, 0.15) is 19.4 Å². The molecule has 0 aromatic heterocycles. The molecule has 0 fully saturated rings. The minimum atomic E-state index is 0.113. The van der Waals surface area contributed by atoms with Crippen LogP contribution in [0.2, 0.25) is 0 Å².